The fraction of sp³-hybridized carbons (Fsp3) is 0.267. The quantitative estimate of drug-likeness (QED) is 0.528. The number of hydroxylamine groups is 1. The lowest BCUT2D eigenvalue weighted by Gasteiger charge is -2.20. The normalized spacial score (nSPS) is 11.3. The average molecular weight is 359 g/mol. The van der Waals surface area contributed by atoms with Gasteiger partial charge in [0.1, 0.15) is 4.90 Å². The van der Waals surface area contributed by atoms with Gasteiger partial charge in [-0.15, -0.1) is 13.2 Å². The summed E-state index contributed by atoms with van der Waals surface area (Å²) < 4.78 is 25.4. The summed E-state index contributed by atoms with van der Waals surface area (Å²) in [6.07, 6.45) is 3.15. The molecule has 0 N–H and O–H groups in total. The van der Waals surface area contributed by atoms with E-state index in [0.29, 0.717) is 17.6 Å². The van der Waals surface area contributed by atoms with E-state index in [4.69, 9.17) is 16.4 Å². The van der Waals surface area contributed by atoms with Crippen molar-refractivity contribution < 1.29 is 18.0 Å². The molecule has 0 atom stereocenters. The molecule has 8 heteroatoms. The number of nitrogens with zero attached hydrogens (tertiary/aromatic N) is 2. The van der Waals surface area contributed by atoms with Gasteiger partial charge in [-0.25, -0.2) is 8.42 Å². The van der Waals surface area contributed by atoms with Crippen LogP contribution in [0.4, 0.5) is 0 Å². The molecule has 0 aromatic heterocycles. The molecule has 0 saturated carbocycles. The summed E-state index contributed by atoms with van der Waals surface area (Å²) in [5.41, 5.74) is 0.196. The van der Waals surface area contributed by atoms with Crippen LogP contribution in [0.15, 0.2) is 48.4 Å². The SMILES string of the molecule is C=CCN(CC=C)C(=O)c1ccc(Cl)c(S(=O)(=O)N(C)OC)c1. The molecule has 0 bridgehead atoms. The summed E-state index contributed by atoms with van der Waals surface area (Å²) in [7, 11) is -1.50. The van der Waals surface area contributed by atoms with E-state index in [1.54, 1.807) is 12.2 Å². The van der Waals surface area contributed by atoms with Crippen molar-refractivity contribution >= 4 is 27.5 Å². The van der Waals surface area contributed by atoms with Gasteiger partial charge in [-0.05, 0) is 18.2 Å². The molecule has 0 fully saturated rings. The van der Waals surface area contributed by atoms with E-state index in [0.717, 1.165) is 0 Å². The van der Waals surface area contributed by atoms with Crippen LogP contribution >= 0.6 is 11.6 Å². The molecule has 23 heavy (non-hydrogen) atoms. The van der Waals surface area contributed by atoms with Gasteiger partial charge < -0.3 is 4.90 Å². The predicted molar refractivity (Wildman–Crippen MR) is 89.7 cm³/mol. The maximum atomic E-state index is 12.5. The highest BCUT2D eigenvalue weighted by Crippen LogP contribution is 2.26. The molecule has 6 nitrogen and oxygen atoms in total. The minimum Gasteiger partial charge on any atom is -0.331 e. The molecule has 1 rings (SSSR count). The van der Waals surface area contributed by atoms with Crippen LogP contribution in [-0.2, 0) is 14.9 Å². The Bertz CT molecular complexity index is 693. The van der Waals surface area contributed by atoms with Gasteiger partial charge in [0.15, 0.2) is 0 Å². The molecule has 0 aliphatic carbocycles. The number of carbonyl (C=O) groups excluding carboxylic acids is 1. The van der Waals surface area contributed by atoms with Crippen molar-refractivity contribution in [2.24, 2.45) is 0 Å². The Morgan fingerprint density at radius 1 is 1.30 bits per heavy atom. The number of rotatable bonds is 8. The Morgan fingerprint density at radius 2 is 1.87 bits per heavy atom. The molecule has 0 aliphatic heterocycles. The van der Waals surface area contributed by atoms with E-state index in [9.17, 15) is 13.2 Å². The van der Waals surface area contributed by atoms with E-state index in [2.05, 4.69) is 13.2 Å². The highest BCUT2D eigenvalue weighted by atomic mass is 35.5. The Kier molecular flexibility index (Phi) is 6.96. The molecule has 126 valence electrons. The molecule has 0 radical (unpaired) electrons. The number of amides is 1. The molecular formula is C15H19ClN2O4S. The van der Waals surface area contributed by atoms with Crippen LogP contribution in [0, 0.1) is 0 Å². The lowest BCUT2D eigenvalue weighted by atomic mass is 10.2. The van der Waals surface area contributed by atoms with Crippen molar-refractivity contribution in [2.75, 3.05) is 27.2 Å². The first-order valence-electron chi connectivity index (χ1n) is 6.63. The number of sulfonamides is 1. The van der Waals surface area contributed by atoms with E-state index >= 15 is 0 Å². The summed E-state index contributed by atoms with van der Waals surface area (Å²) in [6.45, 7) is 7.82. The summed E-state index contributed by atoms with van der Waals surface area (Å²) in [6, 6.07) is 4.07. The second-order valence-corrected chi connectivity index (χ2v) is 6.84. The van der Waals surface area contributed by atoms with Crippen LogP contribution in [0.3, 0.4) is 0 Å². The molecule has 1 amide bonds. The third-order valence-corrected chi connectivity index (χ3v) is 5.20. The van der Waals surface area contributed by atoms with Gasteiger partial charge in [0, 0.05) is 25.7 Å². The van der Waals surface area contributed by atoms with Crippen molar-refractivity contribution in [1.82, 2.24) is 9.37 Å². The van der Waals surface area contributed by atoms with Crippen LogP contribution in [-0.4, -0.2) is 50.9 Å². The van der Waals surface area contributed by atoms with E-state index in [1.807, 2.05) is 0 Å². The van der Waals surface area contributed by atoms with E-state index in [-0.39, 0.29) is 21.4 Å². The van der Waals surface area contributed by atoms with Gasteiger partial charge in [-0.2, -0.15) is 0 Å². The minimum atomic E-state index is -3.96. The number of halogens is 1. The minimum absolute atomic E-state index is 0.00411. The molecule has 0 heterocycles. The topological polar surface area (TPSA) is 66.9 Å². The van der Waals surface area contributed by atoms with E-state index < -0.39 is 10.0 Å². The first kappa shape index (κ1) is 19.4. The Hall–Kier alpha value is -1.67. The van der Waals surface area contributed by atoms with Crippen LogP contribution in [0.2, 0.25) is 5.02 Å². The standard InChI is InChI=1S/C15H19ClN2O4S/c1-5-9-18(10-6-2)15(19)12-7-8-13(16)14(11-12)23(20,21)17(3)22-4/h5-8,11H,1-2,9-10H2,3-4H3. The van der Waals surface area contributed by atoms with Crippen molar-refractivity contribution in [3.8, 4) is 0 Å². The molecule has 0 unspecified atom stereocenters. The number of benzene rings is 1. The Morgan fingerprint density at radius 3 is 2.35 bits per heavy atom. The average Bonchev–Trinajstić information content (AvgIpc) is 2.53. The predicted octanol–water partition coefficient (Wildman–Crippen LogP) is 2.34. The lowest BCUT2D eigenvalue weighted by molar-refractivity contribution is -0.0258. The molecule has 0 spiro atoms. The number of hydrogen-bond donors (Lipinski definition) is 0. The summed E-state index contributed by atoms with van der Waals surface area (Å²) in [5, 5.41) is 0.00411. The smallest absolute Gasteiger partial charge is 0.266 e. The largest absolute Gasteiger partial charge is 0.331 e. The van der Waals surface area contributed by atoms with Gasteiger partial charge in [-0.3, -0.25) is 9.63 Å². The maximum absolute atomic E-state index is 12.5. The van der Waals surface area contributed by atoms with Gasteiger partial charge in [0.05, 0.1) is 12.1 Å². The van der Waals surface area contributed by atoms with Crippen LogP contribution in [0.5, 0.6) is 0 Å². The van der Waals surface area contributed by atoms with Crippen molar-refractivity contribution in [2.45, 2.75) is 4.90 Å². The van der Waals surface area contributed by atoms with Crippen molar-refractivity contribution in [3.63, 3.8) is 0 Å². The molecule has 1 aromatic rings. The monoisotopic (exact) mass is 358 g/mol. The van der Waals surface area contributed by atoms with Crippen molar-refractivity contribution in [1.29, 1.82) is 0 Å². The first-order chi connectivity index (χ1) is 10.8. The molecule has 0 saturated heterocycles. The third kappa shape index (κ3) is 4.42. The summed E-state index contributed by atoms with van der Waals surface area (Å²) in [5.74, 6) is -0.349. The maximum Gasteiger partial charge on any atom is 0.266 e. The van der Waals surface area contributed by atoms with Gasteiger partial charge in [0.2, 0.25) is 0 Å². The Labute approximate surface area is 141 Å². The summed E-state index contributed by atoms with van der Waals surface area (Å²) in [4.78, 5) is 18.5. The second kappa shape index (κ2) is 8.26. The zero-order chi connectivity index (χ0) is 17.6. The lowest BCUT2D eigenvalue weighted by Crippen LogP contribution is -2.32. The second-order valence-electron chi connectivity index (χ2n) is 4.53. The zero-order valence-corrected chi connectivity index (χ0v) is 14.6. The van der Waals surface area contributed by atoms with Crippen LogP contribution in [0.25, 0.3) is 0 Å². The molecule has 1 aromatic carbocycles. The van der Waals surface area contributed by atoms with Gasteiger partial charge in [-0.1, -0.05) is 28.2 Å². The zero-order valence-electron chi connectivity index (χ0n) is 13.0. The molecule has 0 aliphatic rings. The van der Waals surface area contributed by atoms with E-state index in [1.165, 1.54) is 37.3 Å². The fourth-order valence-electron chi connectivity index (χ4n) is 1.81. The number of hydrogen-bond acceptors (Lipinski definition) is 4. The number of carbonyl (C=O) groups is 1. The van der Waals surface area contributed by atoms with Crippen molar-refractivity contribution in [3.05, 3.63) is 54.1 Å². The first-order valence-corrected chi connectivity index (χ1v) is 8.45. The summed E-state index contributed by atoms with van der Waals surface area (Å²) >= 11 is 5.97. The van der Waals surface area contributed by atoms with Gasteiger partial charge >= 0.3 is 0 Å². The van der Waals surface area contributed by atoms with Crippen LogP contribution < -0.4 is 0 Å². The Balaban J connectivity index is 3.31. The van der Waals surface area contributed by atoms with Gasteiger partial charge in [0.25, 0.3) is 15.9 Å². The van der Waals surface area contributed by atoms with Crippen LogP contribution in [0.1, 0.15) is 10.4 Å². The third-order valence-electron chi connectivity index (χ3n) is 3.04. The fourth-order valence-corrected chi connectivity index (χ4v) is 3.28. The highest BCUT2D eigenvalue weighted by Gasteiger charge is 2.26. The molecular weight excluding hydrogens is 340 g/mol. The highest BCUT2D eigenvalue weighted by molar-refractivity contribution is 7.89.